The largest absolute Gasteiger partial charge is 0.309 e. The molecular formula is C18H13BrClOP. The lowest BCUT2D eigenvalue weighted by Crippen LogP contribution is -2.25. The Morgan fingerprint density at radius 3 is 1.68 bits per heavy atom. The lowest BCUT2D eigenvalue weighted by molar-refractivity contribution is 0.592. The lowest BCUT2D eigenvalue weighted by Gasteiger charge is -2.20. The minimum absolute atomic E-state index is 0.566. The third-order valence-electron chi connectivity index (χ3n) is 3.45. The summed E-state index contributed by atoms with van der Waals surface area (Å²) in [6.07, 6.45) is 0. The van der Waals surface area contributed by atoms with E-state index in [-0.39, 0.29) is 0 Å². The van der Waals surface area contributed by atoms with Crippen molar-refractivity contribution in [2.75, 3.05) is 0 Å². The summed E-state index contributed by atoms with van der Waals surface area (Å²) in [6, 6.07) is 24.6. The van der Waals surface area contributed by atoms with Crippen molar-refractivity contribution in [1.82, 2.24) is 0 Å². The van der Waals surface area contributed by atoms with Crippen LogP contribution in [0.3, 0.4) is 0 Å². The van der Waals surface area contributed by atoms with Gasteiger partial charge in [-0.2, -0.15) is 0 Å². The summed E-state index contributed by atoms with van der Waals surface area (Å²) < 4.78 is 14.9. The molecule has 0 bridgehead atoms. The van der Waals surface area contributed by atoms with Crippen molar-refractivity contribution in [3.05, 3.63) is 88.4 Å². The minimum Gasteiger partial charge on any atom is -0.309 e. The Bertz CT molecular complexity index is 770. The van der Waals surface area contributed by atoms with Gasteiger partial charge in [0.25, 0.3) is 0 Å². The van der Waals surface area contributed by atoms with Crippen LogP contribution in [0.5, 0.6) is 0 Å². The Morgan fingerprint density at radius 1 is 0.727 bits per heavy atom. The molecule has 0 spiro atoms. The first-order chi connectivity index (χ1) is 10.6. The van der Waals surface area contributed by atoms with Gasteiger partial charge in [-0.05, 0) is 18.2 Å². The van der Waals surface area contributed by atoms with E-state index in [9.17, 15) is 4.57 Å². The molecule has 0 amide bonds. The fourth-order valence-electron chi connectivity index (χ4n) is 2.44. The molecule has 0 N–H and O–H groups in total. The van der Waals surface area contributed by atoms with Crippen molar-refractivity contribution < 1.29 is 4.57 Å². The molecule has 0 atom stereocenters. The maximum atomic E-state index is 14.0. The topological polar surface area (TPSA) is 17.1 Å². The van der Waals surface area contributed by atoms with E-state index in [0.717, 1.165) is 20.4 Å². The monoisotopic (exact) mass is 390 g/mol. The van der Waals surface area contributed by atoms with Crippen LogP contribution in [0.1, 0.15) is 0 Å². The fraction of sp³-hybridized carbons (Fsp3) is 0. The predicted molar refractivity (Wildman–Crippen MR) is 98.5 cm³/mol. The lowest BCUT2D eigenvalue weighted by atomic mass is 10.3. The Labute approximate surface area is 143 Å². The minimum atomic E-state index is -2.94. The second kappa shape index (κ2) is 6.42. The van der Waals surface area contributed by atoms with Gasteiger partial charge in [0.15, 0.2) is 7.14 Å². The first kappa shape index (κ1) is 15.6. The number of halogens is 2. The molecule has 0 saturated carbocycles. The SMILES string of the molecule is O=P(c1ccccc1)(c1ccccc1)c1cc(Cl)cc(Br)c1. The van der Waals surface area contributed by atoms with Gasteiger partial charge >= 0.3 is 0 Å². The van der Waals surface area contributed by atoms with E-state index in [1.165, 1.54) is 0 Å². The van der Waals surface area contributed by atoms with E-state index in [1.807, 2.05) is 66.7 Å². The van der Waals surface area contributed by atoms with E-state index in [0.29, 0.717) is 5.02 Å². The second-order valence-electron chi connectivity index (χ2n) is 4.91. The van der Waals surface area contributed by atoms with Gasteiger partial charge in [-0.3, -0.25) is 0 Å². The van der Waals surface area contributed by atoms with Gasteiger partial charge in [-0.15, -0.1) is 0 Å². The van der Waals surface area contributed by atoms with E-state index in [1.54, 1.807) is 12.1 Å². The second-order valence-corrected chi connectivity index (χ2v) is 9.03. The maximum Gasteiger partial charge on any atom is 0.171 e. The first-order valence-corrected chi connectivity index (χ1v) is 9.66. The summed E-state index contributed by atoms with van der Waals surface area (Å²) in [5.41, 5.74) is 0. The van der Waals surface area contributed by atoms with Crippen molar-refractivity contribution in [2.45, 2.75) is 0 Å². The molecular weight excluding hydrogens is 379 g/mol. The van der Waals surface area contributed by atoms with Gasteiger partial charge in [-0.25, -0.2) is 0 Å². The molecule has 4 heteroatoms. The molecule has 0 fully saturated rings. The Kier molecular flexibility index (Phi) is 4.54. The molecule has 22 heavy (non-hydrogen) atoms. The molecule has 0 heterocycles. The Morgan fingerprint density at radius 2 is 1.23 bits per heavy atom. The van der Waals surface area contributed by atoms with Crippen LogP contribution >= 0.6 is 34.7 Å². The van der Waals surface area contributed by atoms with Gasteiger partial charge < -0.3 is 4.57 Å². The van der Waals surface area contributed by atoms with Gasteiger partial charge in [0.05, 0.1) is 0 Å². The van der Waals surface area contributed by atoms with Crippen molar-refractivity contribution >= 4 is 50.6 Å². The average molecular weight is 392 g/mol. The summed E-state index contributed by atoms with van der Waals surface area (Å²) in [5.74, 6) is 0. The molecule has 0 radical (unpaired) electrons. The molecule has 3 aromatic rings. The van der Waals surface area contributed by atoms with Crippen LogP contribution in [0.4, 0.5) is 0 Å². The van der Waals surface area contributed by atoms with E-state index in [2.05, 4.69) is 15.9 Å². The molecule has 0 aromatic heterocycles. The molecule has 0 aliphatic rings. The third kappa shape index (κ3) is 2.92. The highest BCUT2D eigenvalue weighted by molar-refractivity contribution is 9.10. The number of rotatable bonds is 3. The maximum absolute atomic E-state index is 14.0. The molecule has 3 rings (SSSR count). The summed E-state index contributed by atoms with van der Waals surface area (Å²) in [7, 11) is -2.94. The molecule has 0 saturated heterocycles. The highest BCUT2D eigenvalue weighted by Gasteiger charge is 2.29. The van der Waals surface area contributed by atoms with Crippen LogP contribution in [0.15, 0.2) is 83.3 Å². The first-order valence-electron chi connectivity index (χ1n) is 6.78. The molecule has 110 valence electrons. The zero-order valence-electron chi connectivity index (χ0n) is 11.6. The van der Waals surface area contributed by atoms with Crippen LogP contribution in [0, 0.1) is 0 Å². The zero-order valence-corrected chi connectivity index (χ0v) is 14.9. The van der Waals surface area contributed by atoms with Crippen LogP contribution in [0.25, 0.3) is 0 Å². The fourth-order valence-corrected chi connectivity index (χ4v) is 6.28. The highest BCUT2D eigenvalue weighted by atomic mass is 79.9. The summed E-state index contributed by atoms with van der Waals surface area (Å²) in [6.45, 7) is 0. The molecule has 0 aliphatic heterocycles. The highest BCUT2D eigenvalue weighted by Crippen LogP contribution is 2.43. The van der Waals surface area contributed by atoms with Gasteiger partial charge in [-0.1, -0.05) is 88.2 Å². The van der Waals surface area contributed by atoms with Gasteiger partial charge in [0.2, 0.25) is 0 Å². The Balaban J connectivity index is 2.31. The number of hydrogen-bond acceptors (Lipinski definition) is 1. The van der Waals surface area contributed by atoms with Crippen LogP contribution in [-0.4, -0.2) is 0 Å². The molecule has 3 aromatic carbocycles. The standard InChI is InChI=1S/C18H13BrClOP/c19-14-11-15(20)13-18(12-14)22(21,16-7-3-1-4-8-16)17-9-5-2-6-10-17/h1-13H. The van der Waals surface area contributed by atoms with E-state index >= 15 is 0 Å². The van der Waals surface area contributed by atoms with E-state index in [4.69, 9.17) is 11.6 Å². The normalized spacial score (nSPS) is 11.4. The van der Waals surface area contributed by atoms with Crippen molar-refractivity contribution in [1.29, 1.82) is 0 Å². The molecule has 0 aliphatic carbocycles. The van der Waals surface area contributed by atoms with Gasteiger partial charge in [0.1, 0.15) is 0 Å². The zero-order chi connectivity index (χ0) is 15.6. The quantitative estimate of drug-likeness (QED) is 0.589. The van der Waals surface area contributed by atoms with Crippen molar-refractivity contribution in [2.24, 2.45) is 0 Å². The van der Waals surface area contributed by atoms with Gasteiger partial charge in [0, 0.05) is 25.4 Å². The smallest absolute Gasteiger partial charge is 0.171 e. The van der Waals surface area contributed by atoms with Crippen molar-refractivity contribution in [3.63, 3.8) is 0 Å². The number of hydrogen-bond donors (Lipinski definition) is 0. The summed E-state index contributed by atoms with van der Waals surface area (Å²) >= 11 is 9.62. The summed E-state index contributed by atoms with van der Waals surface area (Å²) in [5, 5.41) is 2.89. The van der Waals surface area contributed by atoms with E-state index < -0.39 is 7.14 Å². The molecule has 0 unspecified atom stereocenters. The van der Waals surface area contributed by atoms with Crippen molar-refractivity contribution in [3.8, 4) is 0 Å². The predicted octanol–water partition coefficient (Wildman–Crippen LogP) is 4.74. The number of benzene rings is 3. The Hall–Kier alpha value is -1.34. The van der Waals surface area contributed by atoms with Crippen LogP contribution < -0.4 is 15.9 Å². The van der Waals surface area contributed by atoms with Crippen LogP contribution in [0.2, 0.25) is 5.02 Å². The summed E-state index contributed by atoms with van der Waals surface area (Å²) in [4.78, 5) is 0. The average Bonchev–Trinajstić information content (AvgIpc) is 2.55. The van der Waals surface area contributed by atoms with Crippen LogP contribution in [-0.2, 0) is 4.57 Å². The third-order valence-corrected chi connectivity index (χ3v) is 7.16. The molecule has 1 nitrogen and oxygen atoms in total.